The summed E-state index contributed by atoms with van der Waals surface area (Å²) in [6.07, 6.45) is -1.13. The SMILES string of the molecule is C[C@H](OC(=O)c1ccc([N+](=O)[O-])cc1N)C(=O)Nc1ccc2c(c1)OCCO2. The number of ether oxygens (including phenoxy) is 3. The number of hydrogen-bond acceptors (Lipinski definition) is 8. The minimum atomic E-state index is -1.13. The Morgan fingerprint density at radius 3 is 2.57 bits per heavy atom. The Labute approximate surface area is 159 Å². The predicted octanol–water partition coefficient (Wildman–Crippen LogP) is 2.13. The Kier molecular flexibility index (Phi) is 5.30. The molecule has 0 spiro atoms. The van der Waals surface area contributed by atoms with Crippen LogP contribution in [-0.4, -0.2) is 36.1 Å². The molecule has 1 aliphatic heterocycles. The molecule has 3 rings (SSSR count). The van der Waals surface area contributed by atoms with Crippen molar-refractivity contribution >= 4 is 28.9 Å². The van der Waals surface area contributed by atoms with E-state index in [0.717, 1.165) is 12.1 Å². The Hall–Kier alpha value is -3.82. The molecule has 1 heterocycles. The van der Waals surface area contributed by atoms with E-state index in [9.17, 15) is 19.7 Å². The number of fused-ring (bicyclic) bond motifs is 1. The van der Waals surface area contributed by atoms with Crippen molar-refractivity contribution in [1.82, 2.24) is 0 Å². The van der Waals surface area contributed by atoms with Crippen LogP contribution in [-0.2, 0) is 9.53 Å². The first-order chi connectivity index (χ1) is 13.3. The lowest BCUT2D eigenvalue weighted by atomic mass is 10.1. The normalized spacial score (nSPS) is 13.3. The third-order valence-corrected chi connectivity index (χ3v) is 3.93. The highest BCUT2D eigenvalue weighted by Gasteiger charge is 2.22. The summed E-state index contributed by atoms with van der Waals surface area (Å²) in [4.78, 5) is 34.6. The number of carbonyl (C=O) groups excluding carboxylic acids is 2. The van der Waals surface area contributed by atoms with E-state index in [0.29, 0.717) is 30.4 Å². The third-order valence-electron chi connectivity index (χ3n) is 3.93. The number of nitrogens with one attached hydrogen (secondary N) is 1. The molecule has 1 amide bonds. The number of amides is 1. The largest absolute Gasteiger partial charge is 0.486 e. The second kappa shape index (κ2) is 7.82. The number of non-ortho nitro benzene ring substituents is 1. The Bertz CT molecular complexity index is 945. The zero-order chi connectivity index (χ0) is 20.3. The quantitative estimate of drug-likeness (QED) is 0.344. The van der Waals surface area contributed by atoms with Gasteiger partial charge in [-0.2, -0.15) is 0 Å². The maximum atomic E-state index is 12.3. The van der Waals surface area contributed by atoms with Crippen LogP contribution in [0.2, 0.25) is 0 Å². The highest BCUT2D eigenvalue weighted by molar-refractivity contribution is 5.99. The third kappa shape index (κ3) is 4.11. The molecule has 1 atom stereocenters. The van der Waals surface area contributed by atoms with E-state index in [4.69, 9.17) is 19.9 Å². The summed E-state index contributed by atoms with van der Waals surface area (Å²) >= 11 is 0. The van der Waals surface area contributed by atoms with Gasteiger partial charge in [0.1, 0.15) is 13.2 Å². The standard InChI is InChI=1S/C18H17N3O7/c1-10(28-18(23)13-4-3-12(21(24)25)9-14(13)19)17(22)20-11-2-5-15-16(8-11)27-7-6-26-15/h2-5,8-10H,6-7,19H2,1H3,(H,20,22)/t10-/m0/s1. The molecule has 146 valence electrons. The molecule has 10 heteroatoms. The minimum Gasteiger partial charge on any atom is -0.486 e. The fourth-order valence-corrected chi connectivity index (χ4v) is 2.49. The van der Waals surface area contributed by atoms with Gasteiger partial charge in [-0.1, -0.05) is 0 Å². The predicted molar refractivity (Wildman–Crippen MR) is 98.4 cm³/mol. The number of nitrogen functional groups attached to an aromatic ring is 1. The number of esters is 1. The molecule has 3 N–H and O–H groups in total. The van der Waals surface area contributed by atoms with Gasteiger partial charge in [0.25, 0.3) is 11.6 Å². The summed E-state index contributed by atoms with van der Waals surface area (Å²) in [7, 11) is 0. The zero-order valence-corrected chi connectivity index (χ0v) is 14.8. The average molecular weight is 387 g/mol. The first-order valence-corrected chi connectivity index (χ1v) is 8.30. The molecule has 0 aliphatic carbocycles. The Balaban J connectivity index is 1.64. The smallest absolute Gasteiger partial charge is 0.341 e. The van der Waals surface area contributed by atoms with Crippen LogP contribution in [0.25, 0.3) is 0 Å². The van der Waals surface area contributed by atoms with E-state index < -0.39 is 22.9 Å². The van der Waals surface area contributed by atoms with Gasteiger partial charge >= 0.3 is 5.97 Å². The maximum absolute atomic E-state index is 12.3. The van der Waals surface area contributed by atoms with Crippen molar-refractivity contribution in [1.29, 1.82) is 0 Å². The molecular weight excluding hydrogens is 370 g/mol. The van der Waals surface area contributed by atoms with Crippen LogP contribution in [0.3, 0.4) is 0 Å². The van der Waals surface area contributed by atoms with Crippen molar-refractivity contribution < 1.29 is 28.7 Å². The van der Waals surface area contributed by atoms with Gasteiger partial charge in [0.2, 0.25) is 0 Å². The van der Waals surface area contributed by atoms with Crippen LogP contribution in [0, 0.1) is 10.1 Å². The number of anilines is 2. The van der Waals surface area contributed by atoms with Crippen LogP contribution in [0.15, 0.2) is 36.4 Å². The number of hydrogen-bond donors (Lipinski definition) is 2. The van der Waals surface area contributed by atoms with Crippen LogP contribution >= 0.6 is 0 Å². The van der Waals surface area contributed by atoms with E-state index in [1.165, 1.54) is 13.0 Å². The van der Waals surface area contributed by atoms with Crippen molar-refractivity contribution in [3.8, 4) is 11.5 Å². The van der Waals surface area contributed by atoms with Crippen molar-refractivity contribution in [2.24, 2.45) is 0 Å². The molecule has 2 aromatic carbocycles. The summed E-state index contributed by atoms with van der Waals surface area (Å²) < 4.78 is 16.0. The maximum Gasteiger partial charge on any atom is 0.341 e. The monoisotopic (exact) mass is 387 g/mol. The molecule has 0 unspecified atom stereocenters. The van der Waals surface area contributed by atoms with Crippen LogP contribution in [0.4, 0.5) is 17.1 Å². The zero-order valence-electron chi connectivity index (χ0n) is 14.8. The number of benzene rings is 2. The van der Waals surface area contributed by atoms with Crippen LogP contribution < -0.4 is 20.5 Å². The topological polar surface area (TPSA) is 143 Å². The number of nitrogens with two attached hydrogens (primary N) is 1. The lowest BCUT2D eigenvalue weighted by Crippen LogP contribution is -2.30. The first-order valence-electron chi connectivity index (χ1n) is 8.30. The molecule has 2 aromatic rings. The van der Waals surface area contributed by atoms with Gasteiger partial charge in [0.05, 0.1) is 16.2 Å². The summed E-state index contributed by atoms with van der Waals surface area (Å²) in [6.45, 7) is 2.26. The fraction of sp³-hybridized carbons (Fsp3) is 0.222. The summed E-state index contributed by atoms with van der Waals surface area (Å²) in [5.74, 6) is -0.340. The molecule has 0 bridgehead atoms. The van der Waals surface area contributed by atoms with E-state index in [1.807, 2.05) is 0 Å². The Morgan fingerprint density at radius 1 is 1.18 bits per heavy atom. The van der Waals surface area contributed by atoms with Crippen molar-refractivity contribution in [2.75, 3.05) is 24.3 Å². The van der Waals surface area contributed by atoms with E-state index in [2.05, 4.69) is 5.32 Å². The van der Waals surface area contributed by atoms with Gasteiger partial charge in [-0.3, -0.25) is 14.9 Å². The van der Waals surface area contributed by atoms with Crippen molar-refractivity contribution in [3.05, 3.63) is 52.1 Å². The number of nitro groups is 1. The van der Waals surface area contributed by atoms with Gasteiger partial charge in [-0.25, -0.2) is 4.79 Å². The molecule has 1 aliphatic rings. The highest BCUT2D eigenvalue weighted by Crippen LogP contribution is 2.32. The van der Waals surface area contributed by atoms with Gasteiger partial charge in [0, 0.05) is 23.9 Å². The lowest BCUT2D eigenvalue weighted by Gasteiger charge is -2.19. The highest BCUT2D eigenvalue weighted by atomic mass is 16.6. The minimum absolute atomic E-state index is 0.0652. The summed E-state index contributed by atoms with van der Waals surface area (Å²) in [5, 5.41) is 13.3. The van der Waals surface area contributed by atoms with Crippen molar-refractivity contribution in [2.45, 2.75) is 13.0 Å². The van der Waals surface area contributed by atoms with Gasteiger partial charge in [-0.05, 0) is 25.1 Å². The molecule has 28 heavy (non-hydrogen) atoms. The van der Waals surface area contributed by atoms with Crippen LogP contribution in [0.1, 0.15) is 17.3 Å². The molecule has 0 radical (unpaired) electrons. The molecule has 0 saturated heterocycles. The van der Waals surface area contributed by atoms with E-state index >= 15 is 0 Å². The molecule has 0 aromatic heterocycles. The second-order valence-electron chi connectivity index (χ2n) is 5.92. The molecule has 0 fully saturated rings. The summed E-state index contributed by atoms with van der Waals surface area (Å²) in [5.41, 5.74) is 5.69. The molecular formula is C18H17N3O7. The second-order valence-corrected chi connectivity index (χ2v) is 5.92. The van der Waals surface area contributed by atoms with E-state index in [-0.39, 0.29) is 16.9 Å². The van der Waals surface area contributed by atoms with Crippen LogP contribution in [0.5, 0.6) is 11.5 Å². The first kappa shape index (κ1) is 19.0. The number of nitrogens with zero attached hydrogens (tertiary/aromatic N) is 1. The van der Waals surface area contributed by atoms with E-state index in [1.54, 1.807) is 18.2 Å². The van der Waals surface area contributed by atoms with Gasteiger partial charge in [0.15, 0.2) is 17.6 Å². The number of nitro benzene ring substituents is 1. The van der Waals surface area contributed by atoms with Gasteiger partial charge < -0.3 is 25.3 Å². The number of rotatable bonds is 5. The fourth-order valence-electron chi connectivity index (χ4n) is 2.49. The summed E-state index contributed by atoms with van der Waals surface area (Å²) in [6, 6.07) is 8.27. The number of carbonyl (C=O) groups is 2. The average Bonchev–Trinajstić information content (AvgIpc) is 2.67. The molecule has 10 nitrogen and oxygen atoms in total. The molecule has 0 saturated carbocycles. The Morgan fingerprint density at radius 2 is 1.89 bits per heavy atom. The lowest BCUT2D eigenvalue weighted by molar-refractivity contribution is -0.384. The van der Waals surface area contributed by atoms with Crippen molar-refractivity contribution in [3.63, 3.8) is 0 Å². The van der Waals surface area contributed by atoms with Gasteiger partial charge in [-0.15, -0.1) is 0 Å².